The molecule has 94 valence electrons. The van der Waals surface area contributed by atoms with Crippen LogP contribution in [0.4, 0.5) is 4.39 Å². The predicted molar refractivity (Wildman–Crippen MR) is 76.4 cm³/mol. The summed E-state index contributed by atoms with van der Waals surface area (Å²) in [5.74, 6) is -0.330. The minimum Gasteiger partial charge on any atom is -0.384 e. The molecular formula is C14H12BrFOS. The molecule has 0 aromatic heterocycles. The second-order valence-corrected chi connectivity index (χ2v) is 5.58. The molecule has 0 aliphatic carbocycles. The number of halogens is 2. The van der Waals surface area contributed by atoms with E-state index in [-0.39, 0.29) is 5.82 Å². The van der Waals surface area contributed by atoms with Gasteiger partial charge in [0.25, 0.3) is 0 Å². The van der Waals surface area contributed by atoms with E-state index in [1.165, 1.54) is 6.07 Å². The fourth-order valence-electron chi connectivity index (χ4n) is 1.66. The van der Waals surface area contributed by atoms with E-state index in [1.54, 1.807) is 23.9 Å². The van der Waals surface area contributed by atoms with Gasteiger partial charge < -0.3 is 5.11 Å². The number of rotatable bonds is 3. The minimum absolute atomic E-state index is 0.330. The van der Waals surface area contributed by atoms with Gasteiger partial charge in [-0.25, -0.2) is 4.39 Å². The topological polar surface area (TPSA) is 20.2 Å². The summed E-state index contributed by atoms with van der Waals surface area (Å²) < 4.78 is 13.5. The number of benzene rings is 2. The molecule has 0 aliphatic heterocycles. The maximum atomic E-state index is 13.1. The summed E-state index contributed by atoms with van der Waals surface area (Å²) >= 11 is 4.77. The molecule has 2 aromatic carbocycles. The number of hydrogen-bond acceptors (Lipinski definition) is 2. The van der Waals surface area contributed by atoms with Gasteiger partial charge in [0.1, 0.15) is 11.9 Å². The summed E-state index contributed by atoms with van der Waals surface area (Å²) in [6.07, 6.45) is 1.26. The van der Waals surface area contributed by atoms with E-state index in [0.717, 1.165) is 10.5 Å². The molecule has 0 aliphatic rings. The minimum atomic E-state index is -0.738. The van der Waals surface area contributed by atoms with Crippen LogP contribution >= 0.6 is 27.7 Å². The van der Waals surface area contributed by atoms with E-state index >= 15 is 0 Å². The van der Waals surface area contributed by atoms with Crippen molar-refractivity contribution in [2.24, 2.45) is 0 Å². The Morgan fingerprint density at radius 1 is 1.11 bits per heavy atom. The maximum absolute atomic E-state index is 13.1. The van der Waals surface area contributed by atoms with Gasteiger partial charge in [0.15, 0.2) is 0 Å². The SMILES string of the molecule is CSc1ccc(C(O)c2ccc(F)c(Br)c2)cc1. The third-order valence-corrected chi connectivity index (χ3v) is 4.04. The molecule has 0 saturated carbocycles. The lowest BCUT2D eigenvalue weighted by Gasteiger charge is -2.12. The predicted octanol–water partition coefficient (Wildman–Crippen LogP) is 4.39. The van der Waals surface area contributed by atoms with Gasteiger partial charge in [-0.3, -0.25) is 0 Å². The second-order valence-electron chi connectivity index (χ2n) is 3.85. The van der Waals surface area contributed by atoms with Crippen molar-refractivity contribution in [2.75, 3.05) is 6.26 Å². The van der Waals surface area contributed by atoms with Crippen molar-refractivity contribution in [1.29, 1.82) is 0 Å². The van der Waals surface area contributed by atoms with Crippen LogP contribution in [-0.2, 0) is 0 Å². The highest BCUT2D eigenvalue weighted by Crippen LogP contribution is 2.27. The van der Waals surface area contributed by atoms with E-state index in [2.05, 4.69) is 15.9 Å². The van der Waals surface area contributed by atoms with Crippen LogP contribution in [0.25, 0.3) is 0 Å². The molecule has 0 heterocycles. The number of aliphatic hydroxyl groups is 1. The monoisotopic (exact) mass is 326 g/mol. The zero-order valence-corrected chi connectivity index (χ0v) is 12.1. The standard InChI is InChI=1S/C14H12BrFOS/c1-18-11-5-2-9(3-6-11)14(17)10-4-7-13(16)12(15)8-10/h2-8,14,17H,1H3. The Hall–Kier alpha value is -0.840. The van der Waals surface area contributed by atoms with Gasteiger partial charge in [-0.15, -0.1) is 11.8 Å². The molecule has 0 amide bonds. The van der Waals surface area contributed by atoms with Crippen LogP contribution < -0.4 is 0 Å². The maximum Gasteiger partial charge on any atom is 0.137 e. The average molecular weight is 327 g/mol. The summed E-state index contributed by atoms with van der Waals surface area (Å²) in [7, 11) is 0. The molecule has 1 unspecified atom stereocenters. The molecular weight excluding hydrogens is 315 g/mol. The fourth-order valence-corrected chi connectivity index (χ4v) is 2.47. The van der Waals surface area contributed by atoms with Crippen molar-refractivity contribution < 1.29 is 9.50 Å². The highest BCUT2D eigenvalue weighted by atomic mass is 79.9. The van der Waals surface area contributed by atoms with Gasteiger partial charge in [0.05, 0.1) is 4.47 Å². The molecule has 4 heteroatoms. The Balaban J connectivity index is 2.28. The first-order valence-corrected chi connectivity index (χ1v) is 7.40. The van der Waals surface area contributed by atoms with Gasteiger partial charge in [-0.1, -0.05) is 18.2 Å². The van der Waals surface area contributed by atoms with E-state index in [9.17, 15) is 9.50 Å². The molecule has 0 bridgehead atoms. The smallest absolute Gasteiger partial charge is 0.137 e. The quantitative estimate of drug-likeness (QED) is 0.844. The van der Waals surface area contributed by atoms with Crippen molar-refractivity contribution in [3.8, 4) is 0 Å². The number of aliphatic hydroxyl groups excluding tert-OH is 1. The van der Waals surface area contributed by atoms with E-state index in [4.69, 9.17) is 0 Å². The molecule has 1 nitrogen and oxygen atoms in total. The van der Waals surface area contributed by atoms with Crippen molar-refractivity contribution in [2.45, 2.75) is 11.0 Å². The van der Waals surface area contributed by atoms with Crippen LogP contribution in [0, 0.1) is 5.82 Å². The van der Waals surface area contributed by atoms with Crippen molar-refractivity contribution in [3.05, 3.63) is 63.9 Å². The molecule has 0 radical (unpaired) electrons. The lowest BCUT2D eigenvalue weighted by molar-refractivity contribution is 0.220. The zero-order valence-electron chi connectivity index (χ0n) is 9.73. The van der Waals surface area contributed by atoms with Crippen molar-refractivity contribution in [3.63, 3.8) is 0 Å². The third-order valence-electron chi connectivity index (χ3n) is 2.69. The molecule has 0 spiro atoms. The zero-order chi connectivity index (χ0) is 13.1. The highest BCUT2D eigenvalue weighted by molar-refractivity contribution is 9.10. The first-order chi connectivity index (χ1) is 8.61. The van der Waals surface area contributed by atoms with Gasteiger partial charge in [0.2, 0.25) is 0 Å². The van der Waals surface area contributed by atoms with E-state index < -0.39 is 6.10 Å². The summed E-state index contributed by atoms with van der Waals surface area (Å²) in [5.41, 5.74) is 1.46. The molecule has 1 N–H and O–H groups in total. The van der Waals surface area contributed by atoms with Crippen LogP contribution in [0.1, 0.15) is 17.2 Å². The lowest BCUT2D eigenvalue weighted by atomic mass is 10.0. The molecule has 1 atom stereocenters. The first kappa shape index (κ1) is 13.6. The Bertz CT molecular complexity index is 542. The van der Waals surface area contributed by atoms with Gasteiger partial charge in [-0.2, -0.15) is 0 Å². The molecule has 18 heavy (non-hydrogen) atoms. The van der Waals surface area contributed by atoms with Crippen molar-refractivity contribution in [1.82, 2.24) is 0 Å². The van der Waals surface area contributed by atoms with Crippen molar-refractivity contribution >= 4 is 27.7 Å². The lowest BCUT2D eigenvalue weighted by Crippen LogP contribution is -1.99. The molecule has 0 fully saturated rings. The van der Waals surface area contributed by atoms with Crippen LogP contribution in [-0.4, -0.2) is 11.4 Å². The molecule has 2 rings (SSSR count). The molecule has 0 saturated heterocycles. The number of thioether (sulfide) groups is 1. The molecule has 2 aromatic rings. The Labute approximate surface area is 118 Å². The summed E-state index contributed by atoms with van der Waals surface area (Å²) in [6, 6.07) is 12.2. The second kappa shape index (κ2) is 5.87. The largest absolute Gasteiger partial charge is 0.384 e. The van der Waals surface area contributed by atoms with Crippen LogP contribution in [0.5, 0.6) is 0 Å². The van der Waals surface area contributed by atoms with Crippen LogP contribution in [0.3, 0.4) is 0 Å². The van der Waals surface area contributed by atoms with E-state index in [0.29, 0.717) is 10.0 Å². The third kappa shape index (κ3) is 2.94. The number of hydrogen-bond donors (Lipinski definition) is 1. The van der Waals surface area contributed by atoms with Crippen LogP contribution in [0.15, 0.2) is 51.8 Å². The summed E-state index contributed by atoms with van der Waals surface area (Å²) in [4.78, 5) is 1.14. The van der Waals surface area contributed by atoms with E-state index in [1.807, 2.05) is 30.5 Å². The average Bonchev–Trinajstić information content (AvgIpc) is 2.41. The van der Waals surface area contributed by atoms with Gasteiger partial charge >= 0.3 is 0 Å². The fraction of sp³-hybridized carbons (Fsp3) is 0.143. The van der Waals surface area contributed by atoms with Gasteiger partial charge in [-0.05, 0) is 57.6 Å². The normalized spacial score (nSPS) is 12.4. The Morgan fingerprint density at radius 2 is 1.72 bits per heavy atom. The summed E-state index contributed by atoms with van der Waals surface area (Å²) in [6.45, 7) is 0. The van der Waals surface area contributed by atoms with Crippen LogP contribution in [0.2, 0.25) is 0 Å². The summed E-state index contributed by atoms with van der Waals surface area (Å²) in [5, 5.41) is 10.2. The highest BCUT2D eigenvalue weighted by Gasteiger charge is 2.12. The van der Waals surface area contributed by atoms with Gasteiger partial charge in [0, 0.05) is 4.90 Å². The Kier molecular flexibility index (Phi) is 4.43. The first-order valence-electron chi connectivity index (χ1n) is 5.39. The Morgan fingerprint density at radius 3 is 2.28 bits per heavy atom.